The van der Waals surface area contributed by atoms with Gasteiger partial charge in [-0.3, -0.25) is 9.78 Å². The molecule has 0 unspecified atom stereocenters. The molecule has 0 saturated heterocycles. The smallest absolute Gasteiger partial charge is 0.259 e. The van der Waals surface area contributed by atoms with Gasteiger partial charge < -0.3 is 20.1 Å². The number of nitrogens with one attached hydrogen (secondary N) is 2. The van der Waals surface area contributed by atoms with E-state index >= 15 is 0 Å². The van der Waals surface area contributed by atoms with Crippen LogP contribution in [0.1, 0.15) is 39.3 Å². The third-order valence-corrected chi connectivity index (χ3v) is 6.46. The predicted molar refractivity (Wildman–Crippen MR) is 120 cm³/mol. The van der Waals surface area contributed by atoms with Crippen molar-refractivity contribution in [2.75, 3.05) is 24.9 Å². The van der Waals surface area contributed by atoms with Gasteiger partial charge in [0.1, 0.15) is 16.5 Å². The largest absolute Gasteiger partial charge is 0.497 e. The van der Waals surface area contributed by atoms with E-state index in [1.54, 1.807) is 50.0 Å². The zero-order valence-electron chi connectivity index (χ0n) is 17.2. The van der Waals surface area contributed by atoms with Crippen LogP contribution in [-0.4, -0.2) is 25.1 Å². The lowest BCUT2D eigenvalue weighted by Gasteiger charge is -2.15. The van der Waals surface area contributed by atoms with Gasteiger partial charge in [0.15, 0.2) is 0 Å². The van der Waals surface area contributed by atoms with Crippen LogP contribution in [0.3, 0.4) is 0 Å². The van der Waals surface area contributed by atoms with Gasteiger partial charge in [-0.05, 0) is 55.5 Å². The molecule has 0 atom stereocenters. The second kappa shape index (κ2) is 9.17. The fourth-order valence-corrected chi connectivity index (χ4v) is 4.97. The molecular formula is C23H25N3O3S. The third-order valence-electron chi connectivity index (χ3n) is 5.21. The van der Waals surface area contributed by atoms with Crippen LogP contribution in [0.4, 0.5) is 10.7 Å². The first-order valence-electron chi connectivity index (χ1n) is 10.0. The molecule has 0 bridgehead atoms. The second-order valence-corrected chi connectivity index (χ2v) is 8.22. The van der Waals surface area contributed by atoms with Crippen LogP contribution in [0.2, 0.25) is 0 Å². The SMILES string of the molecule is COc1ccc(NC(=O)c2c(NCc3ccccn3)sc3c2CCCC3)c(OC)c1. The fourth-order valence-electron chi connectivity index (χ4n) is 3.69. The maximum Gasteiger partial charge on any atom is 0.259 e. The Balaban J connectivity index is 1.62. The standard InChI is InChI=1S/C23H25N3O3S/c1-28-16-10-11-18(19(13-16)29-2)26-22(27)21-17-8-3-4-9-20(17)30-23(21)25-14-15-7-5-6-12-24-15/h5-7,10-13,25H,3-4,8-9,14H2,1-2H3,(H,26,27). The Morgan fingerprint density at radius 2 is 2.00 bits per heavy atom. The van der Waals surface area contributed by atoms with Crippen LogP contribution < -0.4 is 20.1 Å². The number of fused-ring (bicyclic) bond motifs is 1. The predicted octanol–water partition coefficient (Wildman–Crippen LogP) is 4.90. The highest BCUT2D eigenvalue weighted by atomic mass is 32.1. The number of anilines is 2. The van der Waals surface area contributed by atoms with Crippen LogP contribution >= 0.6 is 11.3 Å². The molecule has 0 spiro atoms. The molecule has 0 saturated carbocycles. The summed E-state index contributed by atoms with van der Waals surface area (Å²) in [6.45, 7) is 0.576. The molecule has 1 aliphatic rings. The van der Waals surface area contributed by atoms with Gasteiger partial charge in [0, 0.05) is 17.1 Å². The van der Waals surface area contributed by atoms with Crippen molar-refractivity contribution in [3.8, 4) is 11.5 Å². The molecule has 156 valence electrons. The molecule has 2 N–H and O–H groups in total. The number of pyridine rings is 1. The Morgan fingerprint density at radius 1 is 1.13 bits per heavy atom. The van der Waals surface area contributed by atoms with E-state index in [-0.39, 0.29) is 5.91 Å². The van der Waals surface area contributed by atoms with Crippen molar-refractivity contribution in [2.45, 2.75) is 32.2 Å². The van der Waals surface area contributed by atoms with Crippen LogP contribution in [0, 0.1) is 0 Å². The first-order chi connectivity index (χ1) is 14.7. The van der Waals surface area contributed by atoms with E-state index in [1.807, 2.05) is 18.2 Å². The zero-order valence-corrected chi connectivity index (χ0v) is 18.0. The average Bonchev–Trinajstić information content (AvgIpc) is 3.17. The lowest BCUT2D eigenvalue weighted by Crippen LogP contribution is -2.17. The molecule has 6 nitrogen and oxygen atoms in total. The monoisotopic (exact) mass is 423 g/mol. The Kier molecular flexibility index (Phi) is 6.18. The van der Waals surface area contributed by atoms with Gasteiger partial charge in [-0.2, -0.15) is 0 Å². The zero-order chi connectivity index (χ0) is 20.9. The first-order valence-corrected chi connectivity index (χ1v) is 10.8. The topological polar surface area (TPSA) is 72.5 Å². The Labute approximate surface area is 180 Å². The van der Waals surface area contributed by atoms with E-state index in [4.69, 9.17) is 9.47 Å². The number of hydrogen-bond acceptors (Lipinski definition) is 6. The lowest BCUT2D eigenvalue weighted by molar-refractivity contribution is 0.102. The minimum absolute atomic E-state index is 0.124. The van der Waals surface area contributed by atoms with Crippen molar-refractivity contribution in [3.05, 3.63) is 64.3 Å². The summed E-state index contributed by atoms with van der Waals surface area (Å²) in [5.74, 6) is 1.12. The molecule has 1 amide bonds. The first kappa shape index (κ1) is 20.2. The van der Waals surface area contributed by atoms with Gasteiger partial charge in [-0.25, -0.2) is 0 Å². The van der Waals surface area contributed by atoms with Gasteiger partial charge in [-0.1, -0.05) is 6.07 Å². The summed E-state index contributed by atoms with van der Waals surface area (Å²) in [5.41, 5.74) is 3.46. The third kappa shape index (κ3) is 4.26. The number of hydrogen-bond donors (Lipinski definition) is 2. The molecule has 2 heterocycles. The number of carbonyl (C=O) groups is 1. The molecule has 0 radical (unpaired) electrons. The quantitative estimate of drug-likeness (QED) is 0.565. The van der Waals surface area contributed by atoms with E-state index in [0.717, 1.165) is 35.5 Å². The average molecular weight is 424 g/mol. The number of rotatable bonds is 7. The number of thiophene rings is 1. The molecule has 1 aromatic carbocycles. The number of nitrogens with zero attached hydrogens (tertiary/aromatic N) is 1. The van der Waals surface area contributed by atoms with E-state index in [0.29, 0.717) is 23.7 Å². The molecule has 7 heteroatoms. The summed E-state index contributed by atoms with van der Waals surface area (Å²) in [7, 11) is 3.18. The molecule has 0 fully saturated rings. The van der Waals surface area contributed by atoms with Gasteiger partial charge >= 0.3 is 0 Å². The number of amides is 1. The van der Waals surface area contributed by atoms with E-state index in [1.165, 1.54) is 16.9 Å². The van der Waals surface area contributed by atoms with E-state index in [9.17, 15) is 4.79 Å². The maximum atomic E-state index is 13.4. The van der Waals surface area contributed by atoms with Crippen molar-refractivity contribution in [1.29, 1.82) is 0 Å². The van der Waals surface area contributed by atoms with Crippen LogP contribution in [0.15, 0.2) is 42.6 Å². The molecule has 3 aromatic rings. The Bertz CT molecular complexity index is 1030. The van der Waals surface area contributed by atoms with Gasteiger partial charge in [0.05, 0.1) is 37.7 Å². The van der Waals surface area contributed by atoms with Crippen molar-refractivity contribution in [3.63, 3.8) is 0 Å². The highest BCUT2D eigenvalue weighted by Gasteiger charge is 2.26. The fraction of sp³-hybridized carbons (Fsp3) is 0.304. The molecular weight excluding hydrogens is 398 g/mol. The highest BCUT2D eigenvalue weighted by Crippen LogP contribution is 2.39. The summed E-state index contributed by atoms with van der Waals surface area (Å²) in [6, 6.07) is 11.2. The summed E-state index contributed by atoms with van der Waals surface area (Å²) in [4.78, 5) is 19.0. The summed E-state index contributed by atoms with van der Waals surface area (Å²) < 4.78 is 10.7. The van der Waals surface area contributed by atoms with Gasteiger partial charge in [-0.15, -0.1) is 11.3 Å². The number of aryl methyl sites for hydroxylation is 1. The van der Waals surface area contributed by atoms with Crippen molar-refractivity contribution < 1.29 is 14.3 Å². The number of aromatic nitrogens is 1. The normalized spacial score (nSPS) is 12.7. The molecule has 0 aliphatic heterocycles. The lowest BCUT2D eigenvalue weighted by atomic mass is 9.95. The maximum absolute atomic E-state index is 13.4. The Morgan fingerprint density at radius 3 is 2.77 bits per heavy atom. The Hall–Kier alpha value is -3.06. The van der Waals surface area contributed by atoms with Crippen LogP contribution in [-0.2, 0) is 19.4 Å². The minimum atomic E-state index is -0.124. The molecule has 30 heavy (non-hydrogen) atoms. The van der Waals surface area contributed by atoms with E-state index < -0.39 is 0 Å². The van der Waals surface area contributed by atoms with Crippen LogP contribution in [0.25, 0.3) is 0 Å². The van der Waals surface area contributed by atoms with Crippen molar-refractivity contribution in [1.82, 2.24) is 4.98 Å². The number of methoxy groups -OCH3 is 2. The van der Waals surface area contributed by atoms with Crippen molar-refractivity contribution in [2.24, 2.45) is 0 Å². The van der Waals surface area contributed by atoms with Gasteiger partial charge in [0.25, 0.3) is 5.91 Å². The number of ether oxygens (including phenoxy) is 2. The minimum Gasteiger partial charge on any atom is -0.497 e. The molecule has 4 rings (SSSR count). The summed E-state index contributed by atoms with van der Waals surface area (Å²) >= 11 is 1.69. The highest BCUT2D eigenvalue weighted by molar-refractivity contribution is 7.16. The number of benzene rings is 1. The van der Waals surface area contributed by atoms with E-state index in [2.05, 4.69) is 15.6 Å². The van der Waals surface area contributed by atoms with Gasteiger partial charge in [0.2, 0.25) is 0 Å². The molecule has 1 aliphatic carbocycles. The van der Waals surface area contributed by atoms with Crippen LogP contribution in [0.5, 0.6) is 11.5 Å². The summed E-state index contributed by atoms with van der Waals surface area (Å²) in [5, 5.41) is 7.38. The summed E-state index contributed by atoms with van der Waals surface area (Å²) in [6.07, 6.45) is 6.01. The second-order valence-electron chi connectivity index (χ2n) is 7.11. The number of carbonyl (C=O) groups excluding carboxylic acids is 1. The van der Waals surface area contributed by atoms with Crippen molar-refractivity contribution >= 4 is 27.9 Å². The molecule has 2 aromatic heterocycles.